The Labute approximate surface area is 138 Å². The minimum atomic E-state index is -2.89. The Morgan fingerprint density at radius 3 is 1.78 bits per heavy atom. The van der Waals surface area contributed by atoms with E-state index in [1.165, 1.54) is 0 Å². The molecule has 3 rings (SSSR count). The second-order valence-electron chi connectivity index (χ2n) is 6.09. The van der Waals surface area contributed by atoms with Gasteiger partial charge in [0.05, 0.1) is 6.10 Å². The van der Waals surface area contributed by atoms with E-state index >= 15 is 0 Å². The second kappa shape index (κ2) is 7.29. The molecule has 120 valence electrons. The highest BCUT2D eigenvalue weighted by molar-refractivity contribution is 7.79. The van der Waals surface area contributed by atoms with Gasteiger partial charge in [0.1, 0.15) is 7.14 Å². The predicted molar refractivity (Wildman–Crippen MR) is 97.2 cm³/mol. The van der Waals surface area contributed by atoms with E-state index in [1.54, 1.807) is 0 Å². The van der Waals surface area contributed by atoms with Crippen LogP contribution in [0.5, 0.6) is 0 Å². The predicted octanol–water partition coefficient (Wildman–Crippen LogP) is 3.86. The van der Waals surface area contributed by atoms with E-state index in [2.05, 4.69) is 12.2 Å². The molecule has 23 heavy (non-hydrogen) atoms. The average molecular weight is 326 g/mol. The Bertz CT molecular complexity index is 651. The maximum atomic E-state index is 14.3. The van der Waals surface area contributed by atoms with E-state index in [4.69, 9.17) is 0 Å². The molecule has 0 amide bonds. The highest BCUT2D eigenvalue weighted by atomic mass is 31.2. The van der Waals surface area contributed by atoms with Crippen LogP contribution in [0.25, 0.3) is 0 Å². The Kier molecular flexibility index (Phi) is 5.15. The van der Waals surface area contributed by atoms with Crippen molar-refractivity contribution in [2.75, 3.05) is 0 Å². The maximum absolute atomic E-state index is 14.3. The molecule has 3 heteroatoms. The molecule has 0 fully saturated rings. The van der Waals surface area contributed by atoms with Crippen molar-refractivity contribution in [1.82, 2.24) is 0 Å². The molecule has 0 aliphatic heterocycles. The SMILES string of the molecule is O=P(c1ccccc1)(c1ccccc1)[C@@H]1CCC=CCC[C@H]1O. The average Bonchev–Trinajstić information content (AvgIpc) is 2.59. The van der Waals surface area contributed by atoms with Gasteiger partial charge in [0.15, 0.2) is 0 Å². The minimum Gasteiger partial charge on any atom is -0.392 e. The third kappa shape index (κ3) is 3.34. The van der Waals surface area contributed by atoms with Crippen molar-refractivity contribution in [2.24, 2.45) is 0 Å². The summed E-state index contributed by atoms with van der Waals surface area (Å²) in [6, 6.07) is 19.4. The van der Waals surface area contributed by atoms with Gasteiger partial charge in [0.25, 0.3) is 0 Å². The molecule has 0 radical (unpaired) electrons. The molecular formula is C20H23O2P. The number of benzene rings is 2. The molecule has 1 aliphatic carbocycles. The van der Waals surface area contributed by atoms with E-state index in [1.807, 2.05) is 60.7 Å². The Balaban J connectivity index is 2.12. The van der Waals surface area contributed by atoms with Gasteiger partial charge in [-0.05, 0) is 25.7 Å². The summed E-state index contributed by atoms with van der Waals surface area (Å²) in [6.45, 7) is 0. The highest BCUT2D eigenvalue weighted by Gasteiger charge is 2.40. The Hall–Kier alpha value is -1.63. The molecule has 0 saturated carbocycles. The summed E-state index contributed by atoms with van der Waals surface area (Å²) in [5.74, 6) is 0. The summed E-state index contributed by atoms with van der Waals surface area (Å²) in [5, 5.41) is 12.4. The van der Waals surface area contributed by atoms with Crippen LogP contribution < -0.4 is 10.6 Å². The zero-order valence-electron chi connectivity index (χ0n) is 13.2. The van der Waals surface area contributed by atoms with Gasteiger partial charge in [0, 0.05) is 16.3 Å². The van der Waals surface area contributed by atoms with Crippen LogP contribution >= 0.6 is 7.14 Å². The molecule has 0 bridgehead atoms. The van der Waals surface area contributed by atoms with Crippen molar-refractivity contribution in [3.8, 4) is 0 Å². The summed E-state index contributed by atoms with van der Waals surface area (Å²) in [5.41, 5.74) is -0.225. The van der Waals surface area contributed by atoms with Gasteiger partial charge in [-0.3, -0.25) is 0 Å². The van der Waals surface area contributed by atoms with Crippen molar-refractivity contribution in [1.29, 1.82) is 0 Å². The lowest BCUT2D eigenvalue weighted by Crippen LogP contribution is -2.35. The van der Waals surface area contributed by atoms with E-state index in [0.717, 1.165) is 29.9 Å². The van der Waals surface area contributed by atoms with Gasteiger partial charge in [-0.15, -0.1) is 0 Å². The van der Waals surface area contributed by atoms with Crippen LogP contribution in [0.4, 0.5) is 0 Å². The summed E-state index contributed by atoms with van der Waals surface area (Å²) < 4.78 is 14.3. The Morgan fingerprint density at radius 2 is 1.26 bits per heavy atom. The number of allylic oxidation sites excluding steroid dienone is 2. The number of aliphatic hydroxyl groups is 1. The van der Waals surface area contributed by atoms with Crippen molar-refractivity contribution < 1.29 is 9.67 Å². The van der Waals surface area contributed by atoms with E-state index in [9.17, 15) is 9.67 Å². The zero-order valence-corrected chi connectivity index (χ0v) is 14.1. The van der Waals surface area contributed by atoms with Crippen molar-refractivity contribution in [2.45, 2.75) is 37.4 Å². The minimum absolute atomic E-state index is 0.225. The molecular weight excluding hydrogens is 303 g/mol. The first-order valence-corrected chi connectivity index (χ1v) is 10.0. The fourth-order valence-electron chi connectivity index (χ4n) is 3.41. The van der Waals surface area contributed by atoms with Gasteiger partial charge >= 0.3 is 0 Å². The first-order chi connectivity index (χ1) is 11.2. The molecule has 0 heterocycles. The van der Waals surface area contributed by atoms with E-state index < -0.39 is 13.2 Å². The normalized spacial score (nSPS) is 22.3. The zero-order chi connectivity index (χ0) is 16.1. The number of hydrogen-bond acceptors (Lipinski definition) is 2. The van der Waals surface area contributed by atoms with Crippen LogP contribution in [0.2, 0.25) is 0 Å². The number of rotatable bonds is 3. The van der Waals surface area contributed by atoms with Crippen LogP contribution in [0.1, 0.15) is 25.7 Å². The molecule has 2 aromatic rings. The first kappa shape index (κ1) is 16.2. The molecule has 1 aliphatic rings. The van der Waals surface area contributed by atoms with Crippen molar-refractivity contribution >= 4 is 17.8 Å². The van der Waals surface area contributed by atoms with Crippen LogP contribution in [0.15, 0.2) is 72.8 Å². The van der Waals surface area contributed by atoms with Crippen LogP contribution in [0, 0.1) is 0 Å². The topological polar surface area (TPSA) is 37.3 Å². The van der Waals surface area contributed by atoms with Crippen LogP contribution in [-0.4, -0.2) is 16.9 Å². The molecule has 0 aromatic heterocycles. The lowest BCUT2D eigenvalue weighted by molar-refractivity contribution is 0.155. The van der Waals surface area contributed by atoms with Gasteiger partial charge < -0.3 is 9.67 Å². The molecule has 2 atom stereocenters. The summed E-state index contributed by atoms with van der Waals surface area (Å²) >= 11 is 0. The largest absolute Gasteiger partial charge is 0.392 e. The standard InChI is InChI=1S/C20H23O2P/c21-19-15-9-1-2-10-16-20(19)23(22,17-11-5-3-6-12-17)18-13-7-4-8-14-18/h1-8,11-14,19-21H,9-10,15-16H2/t19-,20-/m1/s1. The molecule has 2 nitrogen and oxygen atoms in total. The quantitative estimate of drug-likeness (QED) is 0.687. The van der Waals surface area contributed by atoms with Gasteiger partial charge in [-0.25, -0.2) is 0 Å². The summed E-state index contributed by atoms with van der Waals surface area (Å²) in [6.07, 6.45) is 6.87. The maximum Gasteiger partial charge on any atom is 0.148 e. The van der Waals surface area contributed by atoms with Crippen molar-refractivity contribution in [3.05, 3.63) is 72.8 Å². The summed E-state index contributed by atoms with van der Waals surface area (Å²) in [7, 11) is -2.89. The van der Waals surface area contributed by atoms with Crippen molar-refractivity contribution in [3.63, 3.8) is 0 Å². The fraction of sp³-hybridized carbons (Fsp3) is 0.300. The third-order valence-electron chi connectivity index (χ3n) is 4.62. The molecule has 2 aromatic carbocycles. The first-order valence-electron chi connectivity index (χ1n) is 8.27. The molecule has 0 unspecified atom stereocenters. The lowest BCUT2D eigenvalue weighted by Gasteiger charge is -2.32. The second-order valence-corrected chi connectivity index (χ2v) is 9.10. The third-order valence-corrected chi connectivity index (χ3v) is 8.28. The smallest absolute Gasteiger partial charge is 0.148 e. The molecule has 1 N–H and O–H groups in total. The van der Waals surface area contributed by atoms with E-state index in [-0.39, 0.29) is 5.66 Å². The number of hydrogen-bond donors (Lipinski definition) is 1. The molecule has 0 spiro atoms. The lowest BCUT2D eigenvalue weighted by atomic mass is 10.0. The van der Waals surface area contributed by atoms with Crippen LogP contribution in [-0.2, 0) is 4.57 Å². The fourth-order valence-corrected chi connectivity index (χ4v) is 6.85. The summed E-state index contributed by atoms with van der Waals surface area (Å²) in [4.78, 5) is 0. The monoisotopic (exact) mass is 326 g/mol. The van der Waals surface area contributed by atoms with Crippen LogP contribution in [0.3, 0.4) is 0 Å². The Morgan fingerprint density at radius 1 is 0.783 bits per heavy atom. The number of aliphatic hydroxyl groups excluding tert-OH is 1. The van der Waals surface area contributed by atoms with Gasteiger partial charge in [0.2, 0.25) is 0 Å². The highest BCUT2D eigenvalue weighted by Crippen LogP contribution is 2.52. The van der Waals surface area contributed by atoms with E-state index in [0.29, 0.717) is 6.42 Å². The van der Waals surface area contributed by atoms with Gasteiger partial charge in [-0.1, -0.05) is 72.8 Å². The molecule has 0 saturated heterocycles. The van der Waals surface area contributed by atoms with Gasteiger partial charge in [-0.2, -0.15) is 0 Å².